The van der Waals surface area contributed by atoms with Gasteiger partial charge in [-0.25, -0.2) is 8.78 Å². The monoisotopic (exact) mass is 315 g/mol. The fourth-order valence-corrected chi connectivity index (χ4v) is 1.67. The van der Waals surface area contributed by atoms with Crippen LogP contribution in [-0.4, -0.2) is 24.1 Å². The van der Waals surface area contributed by atoms with Crippen LogP contribution in [0.2, 0.25) is 0 Å². The van der Waals surface area contributed by atoms with Gasteiger partial charge in [0.15, 0.2) is 0 Å². The first-order chi connectivity index (χ1) is 10.1. The van der Waals surface area contributed by atoms with Crippen molar-refractivity contribution in [2.75, 3.05) is 6.61 Å². The van der Waals surface area contributed by atoms with Crippen LogP contribution < -0.4 is 10.5 Å². The van der Waals surface area contributed by atoms with Crippen LogP contribution in [0.1, 0.15) is 44.0 Å². The molecule has 0 saturated carbocycles. The molecule has 0 aliphatic carbocycles. The van der Waals surface area contributed by atoms with E-state index < -0.39 is 28.7 Å². The third kappa shape index (κ3) is 5.67. The molecule has 1 aromatic carbocycles. The van der Waals surface area contributed by atoms with Crippen LogP contribution in [0.15, 0.2) is 12.1 Å². The molecule has 1 aromatic rings. The summed E-state index contributed by atoms with van der Waals surface area (Å²) in [5.41, 5.74) is 3.49. The van der Waals surface area contributed by atoms with Gasteiger partial charge in [0, 0.05) is 18.6 Å². The fraction of sp³-hybridized carbons (Fsp3) is 0.467. The van der Waals surface area contributed by atoms with Gasteiger partial charge in [-0.05, 0) is 27.2 Å². The molecule has 2 N–H and O–H groups in total. The largest absolute Gasteiger partial charge is 0.493 e. The zero-order chi connectivity index (χ0) is 16.9. The minimum atomic E-state index is -1.19. The van der Waals surface area contributed by atoms with Crippen LogP contribution in [0, 0.1) is 11.6 Å². The molecule has 0 heterocycles. The van der Waals surface area contributed by atoms with Gasteiger partial charge in [0.1, 0.15) is 28.5 Å². The number of amides is 1. The average molecular weight is 315 g/mol. The van der Waals surface area contributed by atoms with Gasteiger partial charge in [-0.3, -0.25) is 9.59 Å². The lowest BCUT2D eigenvalue weighted by Gasteiger charge is -2.19. The molecule has 1 amide bonds. The van der Waals surface area contributed by atoms with Gasteiger partial charge in [0.05, 0.1) is 6.61 Å². The number of rotatable bonds is 6. The number of carbonyl (C=O) groups excluding carboxylic acids is 2. The second-order valence-electron chi connectivity index (χ2n) is 5.66. The Morgan fingerprint density at radius 2 is 1.73 bits per heavy atom. The SMILES string of the molecule is CC(C)(C)OC(=O)CCCOc1cc(F)c(C(N)=O)c(F)c1. The van der Waals surface area contributed by atoms with Crippen molar-refractivity contribution >= 4 is 11.9 Å². The van der Waals surface area contributed by atoms with Gasteiger partial charge in [-0.15, -0.1) is 0 Å². The number of hydrogen-bond acceptors (Lipinski definition) is 4. The van der Waals surface area contributed by atoms with Crippen LogP contribution in [-0.2, 0) is 9.53 Å². The van der Waals surface area contributed by atoms with Crippen molar-refractivity contribution in [3.05, 3.63) is 29.3 Å². The zero-order valence-corrected chi connectivity index (χ0v) is 12.7. The summed E-state index contributed by atoms with van der Waals surface area (Å²) >= 11 is 0. The highest BCUT2D eigenvalue weighted by Crippen LogP contribution is 2.20. The number of nitrogens with two attached hydrogens (primary N) is 1. The number of halogens is 2. The molecule has 0 aliphatic rings. The summed E-state index contributed by atoms with van der Waals surface area (Å²) in [5, 5.41) is 0. The third-order valence-corrected chi connectivity index (χ3v) is 2.48. The third-order valence-electron chi connectivity index (χ3n) is 2.48. The van der Waals surface area contributed by atoms with E-state index in [1.807, 2.05) is 0 Å². The van der Waals surface area contributed by atoms with E-state index in [1.54, 1.807) is 20.8 Å². The maximum absolute atomic E-state index is 13.5. The zero-order valence-electron chi connectivity index (χ0n) is 12.7. The molecule has 1 rings (SSSR count). The first-order valence-corrected chi connectivity index (χ1v) is 6.73. The summed E-state index contributed by atoms with van der Waals surface area (Å²) in [6.07, 6.45) is 0.456. The Kier molecular flexibility index (Phi) is 5.84. The predicted molar refractivity (Wildman–Crippen MR) is 75.4 cm³/mol. The van der Waals surface area contributed by atoms with Crippen molar-refractivity contribution < 1.29 is 27.8 Å². The second-order valence-corrected chi connectivity index (χ2v) is 5.66. The molecule has 0 aliphatic heterocycles. The molecule has 0 bridgehead atoms. The molecule has 7 heteroatoms. The molecule has 0 fully saturated rings. The lowest BCUT2D eigenvalue weighted by Crippen LogP contribution is -2.24. The van der Waals surface area contributed by atoms with E-state index in [9.17, 15) is 18.4 Å². The first kappa shape index (κ1) is 17.9. The topological polar surface area (TPSA) is 78.6 Å². The lowest BCUT2D eigenvalue weighted by atomic mass is 10.2. The van der Waals surface area contributed by atoms with Crippen molar-refractivity contribution in [2.24, 2.45) is 5.73 Å². The summed E-state index contributed by atoms with van der Waals surface area (Å²) in [4.78, 5) is 22.3. The van der Waals surface area contributed by atoms with Gasteiger partial charge in [-0.2, -0.15) is 0 Å². The van der Waals surface area contributed by atoms with E-state index >= 15 is 0 Å². The van der Waals surface area contributed by atoms with E-state index in [0.717, 1.165) is 12.1 Å². The maximum Gasteiger partial charge on any atom is 0.306 e. The number of benzene rings is 1. The minimum absolute atomic E-state index is 0.0774. The highest BCUT2D eigenvalue weighted by molar-refractivity contribution is 5.93. The smallest absolute Gasteiger partial charge is 0.306 e. The molecule has 0 unspecified atom stereocenters. The van der Waals surface area contributed by atoms with Gasteiger partial charge >= 0.3 is 5.97 Å². The normalized spacial score (nSPS) is 11.1. The molecule has 0 aromatic heterocycles. The Morgan fingerprint density at radius 1 is 1.18 bits per heavy atom. The molecule has 22 heavy (non-hydrogen) atoms. The summed E-state index contributed by atoms with van der Waals surface area (Å²) in [6, 6.07) is 1.74. The summed E-state index contributed by atoms with van der Waals surface area (Å²) in [6.45, 7) is 5.35. The summed E-state index contributed by atoms with van der Waals surface area (Å²) in [7, 11) is 0. The molecule has 122 valence electrons. The molecule has 0 spiro atoms. The first-order valence-electron chi connectivity index (χ1n) is 6.73. The number of carbonyl (C=O) groups is 2. The van der Waals surface area contributed by atoms with Crippen LogP contribution >= 0.6 is 0 Å². The van der Waals surface area contributed by atoms with Gasteiger partial charge in [-0.1, -0.05) is 0 Å². The Hall–Kier alpha value is -2.18. The quantitative estimate of drug-likeness (QED) is 0.646. The Bertz CT molecular complexity index is 544. The summed E-state index contributed by atoms with van der Waals surface area (Å²) < 4.78 is 37.2. The number of hydrogen-bond donors (Lipinski definition) is 1. The van der Waals surface area contributed by atoms with E-state index in [1.165, 1.54) is 0 Å². The van der Waals surface area contributed by atoms with Gasteiger partial charge in [0.25, 0.3) is 5.91 Å². The van der Waals surface area contributed by atoms with Crippen molar-refractivity contribution in [2.45, 2.75) is 39.2 Å². The molecule has 0 atom stereocenters. The summed E-state index contributed by atoms with van der Waals surface area (Å²) in [5.74, 6) is -3.82. The average Bonchev–Trinajstić information content (AvgIpc) is 2.31. The Balaban J connectivity index is 2.50. The van der Waals surface area contributed by atoms with E-state index in [2.05, 4.69) is 0 Å². The van der Waals surface area contributed by atoms with Crippen molar-refractivity contribution in [1.29, 1.82) is 0 Å². The van der Waals surface area contributed by atoms with Crippen LogP contribution in [0.25, 0.3) is 0 Å². The van der Waals surface area contributed by atoms with Crippen molar-refractivity contribution in [3.8, 4) is 5.75 Å². The van der Waals surface area contributed by atoms with Crippen LogP contribution in [0.5, 0.6) is 5.75 Å². The Labute approximate surface area is 127 Å². The van der Waals surface area contributed by atoms with Crippen LogP contribution in [0.3, 0.4) is 0 Å². The second kappa shape index (κ2) is 7.20. The molecule has 0 radical (unpaired) electrons. The van der Waals surface area contributed by atoms with Crippen LogP contribution in [0.4, 0.5) is 8.78 Å². The van der Waals surface area contributed by atoms with Crippen molar-refractivity contribution in [1.82, 2.24) is 0 Å². The standard InChI is InChI=1S/C15H19F2NO4/c1-15(2,3)22-12(19)5-4-6-21-9-7-10(16)13(14(18)20)11(17)8-9/h7-8H,4-6H2,1-3H3,(H2,18,20). The van der Waals surface area contributed by atoms with Crippen molar-refractivity contribution in [3.63, 3.8) is 0 Å². The molecule has 5 nitrogen and oxygen atoms in total. The number of esters is 1. The number of ether oxygens (including phenoxy) is 2. The van der Waals surface area contributed by atoms with E-state index in [-0.39, 0.29) is 24.7 Å². The van der Waals surface area contributed by atoms with E-state index in [0.29, 0.717) is 6.42 Å². The lowest BCUT2D eigenvalue weighted by molar-refractivity contribution is -0.155. The highest BCUT2D eigenvalue weighted by atomic mass is 19.1. The number of primary amides is 1. The minimum Gasteiger partial charge on any atom is -0.493 e. The molecular weight excluding hydrogens is 296 g/mol. The molecular formula is C15H19F2NO4. The van der Waals surface area contributed by atoms with Gasteiger partial charge < -0.3 is 15.2 Å². The fourth-order valence-electron chi connectivity index (χ4n) is 1.67. The highest BCUT2D eigenvalue weighted by Gasteiger charge is 2.17. The van der Waals surface area contributed by atoms with Gasteiger partial charge in [0.2, 0.25) is 0 Å². The molecule has 0 saturated heterocycles. The Morgan fingerprint density at radius 3 is 2.18 bits per heavy atom. The predicted octanol–water partition coefficient (Wildman–Crippen LogP) is 2.56. The van der Waals surface area contributed by atoms with E-state index in [4.69, 9.17) is 15.2 Å². The maximum atomic E-state index is 13.5.